The number of carbonyl (C=O) groups is 1. The average Bonchev–Trinajstić information content (AvgIpc) is 3.21. The van der Waals surface area contributed by atoms with Crippen molar-refractivity contribution in [1.82, 2.24) is 19.7 Å². The van der Waals surface area contributed by atoms with E-state index in [9.17, 15) is 4.79 Å². The molecule has 6 heteroatoms. The molecule has 2 aromatic rings. The summed E-state index contributed by atoms with van der Waals surface area (Å²) in [4.78, 5) is 16.6. The minimum Gasteiger partial charge on any atom is -0.348 e. The first-order valence-corrected chi connectivity index (χ1v) is 9.49. The Kier molecular flexibility index (Phi) is 5.56. The molecule has 0 fully saturated rings. The Morgan fingerprint density at radius 3 is 2.96 bits per heavy atom. The molecule has 0 radical (unpaired) electrons. The van der Waals surface area contributed by atoms with Crippen LogP contribution in [-0.2, 0) is 6.54 Å². The van der Waals surface area contributed by atoms with E-state index in [1.165, 1.54) is 43.8 Å². The van der Waals surface area contributed by atoms with Crippen molar-refractivity contribution in [1.29, 1.82) is 0 Å². The lowest BCUT2D eigenvalue weighted by Crippen LogP contribution is -2.08. The van der Waals surface area contributed by atoms with Gasteiger partial charge in [0, 0.05) is 23.5 Å². The number of nitrogens with zero attached hydrogens (tertiary/aromatic N) is 3. The zero-order valence-electron chi connectivity index (χ0n) is 14.3. The number of allylic oxidation sites excluding steroid dienone is 2. The van der Waals surface area contributed by atoms with Gasteiger partial charge in [-0.2, -0.15) is 5.10 Å². The Bertz CT molecular complexity index is 731. The van der Waals surface area contributed by atoms with Gasteiger partial charge in [-0.25, -0.2) is 4.98 Å². The average molecular weight is 344 g/mol. The summed E-state index contributed by atoms with van der Waals surface area (Å²) in [5.41, 5.74) is 4.64. The number of aryl methyl sites for hydroxylation is 1. The summed E-state index contributed by atoms with van der Waals surface area (Å²) >= 11 is 1.39. The first-order chi connectivity index (χ1) is 11.6. The first-order valence-electron chi connectivity index (χ1n) is 8.51. The Balaban J connectivity index is 1.64. The lowest BCUT2D eigenvalue weighted by atomic mass is 9.97. The molecule has 3 rings (SSSR count). The van der Waals surface area contributed by atoms with Gasteiger partial charge in [-0.1, -0.05) is 23.4 Å². The molecule has 1 N–H and O–H groups in total. The van der Waals surface area contributed by atoms with Crippen LogP contribution < -0.4 is 0 Å². The molecule has 0 spiro atoms. The van der Waals surface area contributed by atoms with Crippen molar-refractivity contribution >= 4 is 17.5 Å². The number of rotatable bonds is 7. The van der Waals surface area contributed by atoms with E-state index in [0.29, 0.717) is 10.9 Å². The van der Waals surface area contributed by atoms with E-state index in [1.807, 2.05) is 6.07 Å². The molecule has 5 nitrogen and oxygen atoms in total. The van der Waals surface area contributed by atoms with Crippen molar-refractivity contribution in [3.05, 3.63) is 41.0 Å². The third kappa shape index (κ3) is 3.98. The summed E-state index contributed by atoms with van der Waals surface area (Å²) in [6.07, 6.45) is 10.1. The van der Waals surface area contributed by atoms with Gasteiger partial charge >= 0.3 is 0 Å². The van der Waals surface area contributed by atoms with Crippen LogP contribution in [0, 0.1) is 13.8 Å². The van der Waals surface area contributed by atoms with Gasteiger partial charge in [-0.05, 0) is 52.0 Å². The Morgan fingerprint density at radius 1 is 1.38 bits per heavy atom. The number of hydrogen-bond acceptors (Lipinski definition) is 4. The van der Waals surface area contributed by atoms with Crippen LogP contribution in [0.2, 0.25) is 0 Å². The number of H-pyrrole nitrogens is 1. The maximum absolute atomic E-state index is 12.5. The van der Waals surface area contributed by atoms with E-state index in [1.54, 1.807) is 5.57 Å². The molecule has 128 valence electrons. The lowest BCUT2D eigenvalue weighted by molar-refractivity contribution is 0.102. The van der Waals surface area contributed by atoms with E-state index in [0.717, 1.165) is 29.9 Å². The highest BCUT2D eigenvalue weighted by molar-refractivity contribution is 7.99. The van der Waals surface area contributed by atoms with Gasteiger partial charge in [0.2, 0.25) is 0 Å². The number of aromatic nitrogens is 4. The van der Waals surface area contributed by atoms with Gasteiger partial charge in [0.15, 0.2) is 10.9 Å². The summed E-state index contributed by atoms with van der Waals surface area (Å²) in [5, 5.41) is 7.25. The quantitative estimate of drug-likeness (QED) is 0.467. The zero-order chi connectivity index (χ0) is 16.9. The number of hydrogen-bond donors (Lipinski definition) is 1. The second-order valence-electron chi connectivity index (χ2n) is 6.30. The summed E-state index contributed by atoms with van der Waals surface area (Å²) in [5.74, 6) is 0.526. The molecule has 0 atom stereocenters. The predicted molar refractivity (Wildman–Crippen MR) is 96.5 cm³/mol. The molecule has 0 saturated carbocycles. The van der Waals surface area contributed by atoms with E-state index < -0.39 is 0 Å². The second-order valence-corrected chi connectivity index (χ2v) is 7.26. The molecule has 0 amide bonds. The highest BCUT2D eigenvalue weighted by Gasteiger charge is 2.16. The Hall–Kier alpha value is -1.82. The minimum absolute atomic E-state index is 0.146. The number of carbonyl (C=O) groups excluding carboxylic acids is 1. The lowest BCUT2D eigenvalue weighted by Gasteiger charge is -2.15. The largest absolute Gasteiger partial charge is 0.348 e. The van der Waals surface area contributed by atoms with Crippen molar-refractivity contribution in [2.45, 2.75) is 57.7 Å². The van der Waals surface area contributed by atoms with Crippen molar-refractivity contribution in [3.8, 4) is 0 Å². The third-order valence-electron chi connectivity index (χ3n) is 4.65. The first kappa shape index (κ1) is 17.0. The maximum atomic E-state index is 12.5. The van der Waals surface area contributed by atoms with Gasteiger partial charge < -0.3 is 4.57 Å². The van der Waals surface area contributed by atoms with Crippen LogP contribution >= 0.6 is 11.8 Å². The van der Waals surface area contributed by atoms with Crippen molar-refractivity contribution in [3.63, 3.8) is 0 Å². The molecule has 2 aromatic heterocycles. The van der Waals surface area contributed by atoms with E-state index >= 15 is 0 Å². The topological polar surface area (TPSA) is 63.6 Å². The third-order valence-corrected chi connectivity index (χ3v) is 5.53. The molecule has 1 aliphatic rings. The normalized spacial score (nSPS) is 14.7. The number of ketones is 1. The van der Waals surface area contributed by atoms with Crippen LogP contribution in [0.15, 0.2) is 29.2 Å². The van der Waals surface area contributed by atoms with Crippen LogP contribution in [0.25, 0.3) is 0 Å². The summed E-state index contributed by atoms with van der Waals surface area (Å²) in [6.45, 7) is 5.10. The Morgan fingerprint density at radius 2 is 2.25 bits per heavy atom. The fourth-order valence-corrected chi connectivity index (χ4v) is 3.95. The number of nitrogens with one attached hydrogen (secondary N) is 1. The van der Waals surface area contributed by atoms with Gasteiger partial charge in [0.1, 0.15) is 6.33 Å². The van der Waals surface area contributed by atoms with Crippen LogP contribution in [0.4, 0.5) is 0 Å². The highest BCUT2D eigenvalue weighted by atomic mass is 32.2. The summed E-state index contributed by atoms with van der Waals surface area (Å²) in [7, 11) is 0. The Labute approximate surface area is 146 Å². The molecule has 0 bridgehead atoms. The number of thioether (sulfide) groups is 1. The van der Waals surface area contributed by atoms with E-state index in [-0.39, 0.29) is 5.78 Å². The fraction of sp³-hybridized carbons (Fsp3) is 0.500. The predicted octanol–water partition coefficient (Wildman–Crippen LogP) is 4.09. The van der Waals surface area contributed by atoms with Gasteiger partial charge in [0.25, 0.3) is 0 Å². The molecular weight excluding hydrogens is 320 g/mol. The van der Waals surface area contributed by atoms with Gasteiger partial charge in [-0.3, -0.25) is 9.89 Å². The SMILES string of the molecule is Cc1cc(C(=O)CSc2ncn[nH]2)c(C)n1CCC1=CCCCC1. The van der Waals surface area contributed by atoms with Crippen molar-refractivity contribution in [2.24, 2.45) is 0 Å². The van der Waals surface area contributed by atoms with E-state index in [2.05, 4.69) is 39.7 Å². The smallest absolute Gasteiger partial charge is 0.183 e. The minimum atomic E-state index is 0.146. The molecule has 0 aromatic carbocycles. The molecule has 0 aliphatic heterocycles. The van der Waals surface area contributed by atoms with E-state index in [4.69, 9.17) is 0 Å². The van der Waals surface area contributed by atoms with Gasteiger partial charge in [-0.15, -0.1) is 0 Å². The van der Waals surface area contributed by atoms with Crippen LogP contribution in [0.3, 0.4) is 0 Å². The number of aromatic amines is 1. The summed E-state index contributed by atoms with van der Waals surface area (Å²) < 4.78 is 2.28. The zero-order valence-corrected chi connectivity index (χ0v) is 15.2. The van der Waals surface area contributed by atoms with Crippen molar-refractivity contribution in [2.75, 3.05) is 5.75 Å². The van der Waals surface area contributed by atoms with Crippen molar-refractivity contribution < 1.29 is 4.79 Å². The van der Waals surface area contributed by atoms with Crippen LogP contribution in [0.1, 0.15) is 53.8 Å². The molecule has 1 aliphatic carbocycles. The molecule has 0 unspecified atom stereocenters. The maximum Gasteiger partial charge on any atom is 0.183 e. The molecule has 24 heavy (non-hydrogen) atoms. The molecule has 2 heterocycles. The van der Waals surface area contributed by atoms with Gasteiger partial charge in [0.05, 0.1) is 5.75 Å². The number of Topliss-reactive ketones (excluding diaryl/α,β-unsaturated/α-hetero) is 1. The fourth-order valence-electron chi connectivity index (χ4n) is 3.29. The molecular formula is C18H24N4OS. The molecule has 0 saturated heterocycles. The standard InChI is InChI=1S/C18H24N4OS/c1-13-10-16(17(23)11-24-18-19-12-20-21-18)14(2)22(13)9-8-15-6-4-3-5-7-15/h6,10,12H,3-5,7-9,11H2,1-2H3,(H,19,20,21). The summed E-state index contributed by atoms with van der Waals surface area (Å²) in [6, 6.07) is 2.02. The highest BCUT2D eigenvalue weighted by Crippen LogP contribution is 2.24. The second kappa shape index (κ2) is 7.83. The van der Waals surface area contributed by atoms with Crippen LogP contribution in [-0.4, -0.2) is 31.3 Å². The van der Waals surface area contributed by atoms with Crippen LogP contribution in [0.5, 0.6) is 0 Å². The monoisotopic (exact) mass is 344 g/mol.